The van der Waals surface area contributed by atoms with Crippen molar-refractivity contribution in [1.29, 1.82) is 0 Å². The number of nitro groups is 1. The van der Waals surface area contributed by atoms with Gasteiger partial charge in [0.15, 0.2) is 0 Å². The number of carbonyl (C=O) groups excluding carboxylic acids is 1. The highest BCUT2D eigenvalue weighted by molar-refractivity contribution is 5.86. The summed E-state index contributed by atoms with van der Waals surface area (Å²) in [7, 11) is 0. The first-order valence-corrected chi connectivity index (χ1v) is 6.17. The van der Waals surface area contributed by atoms with E-state index in [0.717, 1.165) is 11.6 Å². The van der Waals surface area contributed by atoms with Crippen LogP contribution in [0.25, 0.3) is 0 Å². The first kappa shape index (κ1) is 14.6. The van der Waals surface area contributed by atoms with Gasteiger partial charge in [-0.25, -0.2) is 4.79 Å². The normalized spacial score (nSPS) is 10.1. The fraction of sp³-hybridized carbons (Fsp3) is 0.214. The molecule has 0 saturated heterocycles. The van der Waals surface area contributed by atoms with Crippen LogP contribution in [0.1, 0.15) is 16.1 Å². The number of carbonyl (C=O) groups is 1. The Labute approximate surface area is 120 Å². The van der Waals surface area contributed by atoms with Gasteiger partial charge in [0.25, 0.3) is 0 Å². The molecule has 7 heteroatoms. The summed E-state index contributed by atoms with van der Waals surface area (Å²) in [6.45, 7) is 2.13. The highest BCUT2D eigenvalue weighted by Gasteiger charge is 2.18. The molecule has 0 spiro atoms. The molecule has 0 fully saturated rings. The Morgan fingerprint density at radius 2 is 2.10 bits per heavy atom. The van der Waals surface area contributed by atoms with Gasteiger partial charge in [0.1, 0.15) is 23.9 Å². The molecule has 0 saturated carbocycles. The largest absolute Gasteiger partial charge is 0.490 e. The first-order chi connectivity index (χ1) is 10.1. The average molecular weight is 291 g/mol. The summed E-state index contributed by atoms with van der Waals surface area (Å²) in [5.41, 5.74) is 1.06. The van der Waals surface area contributed by atoms with E-state index in [1.165, 1.54) is 6.07 Å². The second kappa shape index (κ2) is 6.56. The molecule has 0 unspecified atom stereocenters. The molecule has 0 radical (unpaired) electrons. The zero-order chi connectivity index (χ0) is 15.2. The Kier molecular flexibility index (Phi) is 4.55. The predicted octanol–water partition coefficient (Wildman–Crippen LogP) is 2.73. The molecule has 0 N–H and O–H groups in total. The summed E-state index contributed by atoms with van der Waals surface area (Å²) >= 11 is 0. The summed E-state index contributed by atoms with van der Waals surface area (Å²) in [5, 5.41) is 10.4. The van der Waals surface area contributed by atoms with Gasteiger partial charge < -0.3 is 13.9 Å². The summed E-state index contributed by atoms with van der Waals surface area (Å²) < 4.78 is 15.0. The zero-order valence-corrected chi connectivity index (χ0v) is 11.3. The van der Waals surface area contributed by atoms with Gasteiger partial charge in [-0.15, -0.1) is 0 Å². The molecule has 1 aromatic carbocycles. The molecule has 21 heavy (non-hydrogen) atoms. The van der Waals surface area contributed by atoms with Crippen molar-refractivity contribution in [3.8, 4) is 5.75 Å². The van der Waals surface area contributed by atoms with Gasteiger partial charge in [0.05, 0.1) is 6.07 Å². The van der Waals surface area contributed by atoms with Crippen LogP contribution in [0.3, 0.4) is 0 Å². The van der Waals surface area contributed by atoms with Crippen molar-refractivity contribution in [3.05, 3.63) is 57.8 Å². The first-order valence-electron chi connectivity index (χ1n) is 6.17. The van der Waals surface area contributed by atoms with Crippen molar-refractivity contribution in [3.63, 3.8) is 0 Å². The second-order valence-electron chi connectivity index (χ2n) is 4.20. The standard InChI is InChI=1S/C14H13NO6/c1-10-3-2-4-11(9-10)19-7-8-20-14(16)12-5-6-13(21-12)15(17)18/h2-6,9H,7-8H2,1H3. The van der Waals surface area contributed by atoms with E-state index in [1.807, 2.05) is 25.1 Å². The Hall–Kier alpha value is -2.83. The summed E-state index contributed by atoms with van der Waals surface area (Å²) in [6, 6.07) is 9.75. The van der Waals surface area contributed by atoms with Gasteiger partial charge in [-0.2, -0.15) is 0 Å². The van der Waals surface area contributed by atoms with Crippen molar-refractivity contribution in [2.75, 3.05) is 13.2 Å². The number of aryl methyl sites for hydroxylation is 1. The summed E-state index contributed by atoms with van der Waals surface area (Å²) in [6.07, 6.45) is 0. The van der Waals surface area contributed by atoms with Crippen molar-refractivity contribution >= 4 is 11.9 Å². The zero-order valence-electron chi connectivity index (χ0n) is 11.3. The second-order valence-corrected chi connectivity index (χ2v) is 4.20. The van der Waals surface area contributed by atoms with Crippen LogP contribution in [0, 0.1) is 17.0 Å². The van der Waals surface area contributed by atoms with E-state index in [2.05, 4.69) is 0 Å². The van der Waals surface area contributed by atoms with Crippen molar-refractivity contribution in [1.82, 2.24) is 0 Å². The molecule has 1 heterocycles. The maximum absolute atomic E-state index is 11.6. The number of rotatable bonds is 6. The van der Waals surface area contributed by atoms with Crippen molar-refractivity contribution in [2.24, 2.45) is 0 Å². The molecule has 0 aliphatic rings. The van der Waals surface area contributed by atoms with Crippen LogP contribution in [0.15, 0.2) is 40.8 Å². The number of nitrogens with zero attached hydrogens (tertiary/aromatic N) is 1. The third-order valence-corrected chi connectivity index (χ3v) is 2.55. The molecule has 0 aliphatic heterocycles. The van der Waals surface area contributed by atoms with Gasteiger partial charge in [-0.05, 0) is 30.7 Å². The lowest BCUT2D eigenvalue weighted by atomic mass is 10.2. The summed E-state index contributed by atoms with van der Waals surface area (Å²) in [5.74, 6) is -0.800. The van der Waals surface area contributed by atoms with Gasteiger partial charge in [-0.1, -0.05) is 12.1 Å². The number of ether oxygens (including phenoxy) is 2. The fourth-order valence-electron chi connectivity index (χ4n) is 1.61. The molecular formula is C14H13NO6. The molecule has 0 amide bonds. The quantitative estimate of drug-likeness (QED) is 0.351. The topological polar surface area (TPSA) is 91.8 Å². The average Bonchev–Trinajstić information content (AvgIpc) is 2.93. The van der Waals surface area contributed by atoms with E-state index >= 15 is 0 Å². The van der Waals surface area contributed by atoms with Gasteiger partial charge in [0.2, 0.25) is 5.76 Å². The molecule has 1 aromatic heterocycles. The van der Waals surface area contributed by atoms with E-state index in [4.69, 9.17) is 13.9 Å². The molecule has 2 rings (SSSR count). The van der Waals surface area contributed by atoms with Crippen LogP contribution in [-0.2, 0) is 4.74 Å². The highest BCUT2D eigenvalue weighted by Crippen LogP contribution is 2.16. The van der Waals surface area contributed by atoms with E-state index in [1.54, 1.807) is 6.07 Å². The minimum atomic E-state index is -0.768. The third kappa shape index (κ3) is 4.07. The van der Waals surface area contributed by atoms with Gasteiger partial charge in [0, 0.05) is 0 Å². The molecule has 2 aromatic rings. The lowest BCUT2D eigenvalue weighted by molar-refractivity contribution is -0.402. The van der Waals surface area contributed by atoms with Crippen LogP contribution in [0.5, 0.6) is 5.75 Å². The van der Waals surface area contributed by atoms with Crippen LogP contribution < -0.4 is 4.74 Å². The van der Waals surface area contributed by atoms with E-state index in [0.29, 0.717) is 5.75 Å². The molecule has 7 nitrogen and oxygen atoms in total. The number of furan rings is 1. The Bertz CT molecular complexity index is 648. The van der Waals surface area contributed by atoms with E-state index in [9.17, 15) is 14.9 Å². The number of esters is 1. The van der Waals surface area contributed by atoms with Crippen LogP contribution in [0.2, 0.25) is 0 Å². The van der Waals surface area contributed by atoms with Crippen LogP contribution in [-0.4, -0.2) is 24.1 Å². The monoisotopic (exact) mass is 291 g/mol. The predicted molar refractivity (Wildman–Crippen MR) is 72.3 cm³/mol. The van der Waals surface area contributed by atoms with Gasteiger partial charge in [-0.3, -0.25) is 10.1 Å². The summed E-state index contributed by atoms with van der Waals surface area (Å²) in [4.78, 5) is 21.2. The smallest absolute Gasteiger partial charge is 0.433 e. The minimum absolute atomic E-state index is 0.0152. The van der Waals surface area contributed by atoms with E-state index in [-0.39, 0.29) is 19.0 Å². The Balaban J connectivity index is 1.77. The van der Waals surface area contributed by atoms with Crippen LogP contribution in [0.4, 0.5) is 5.88 Å². The Morgan fingerprint density at radius 3 is 2.76 bits per heavy atom. The SMILES string of the molecule is Cc1cccc(OCCOC(=O)c2ccc([N+](=O)[O-])o2)c1. The van der Waals surface area contributed by atoms with Gasteiger partial charge >= 0.3 is 11.9 Å². The number of benzene rings is 1. The van der Waals surface area contributed by atoms with E-state index < -0.39 is 16.8 Å². The maximum Gasteiger partial charge on any atom is 0.433 e. The molecule has 0 aliphatic carbocycles. The highest BCUT2D eigenvalue weighted by atomic mass is 16.7. The minimum Gasteiger partial charge on any atom is -0.490 e. The molecule has 0 atom stereocenters. The molecule has 0 bridgehead atoms. The van der Waals surface area contributed by atoms with Crippen LogP contribution >= 0.6 is 0 Å². The fourth-order valence-corrected chi connectivity index (χ4v) is 1.61. The lowest BCUT2D eigenvalue weighted by Gasteiger charge is -2.06. The van der Waals surface area contributed by atoms with Crippen molar-refractivity contribution < 1.29 is 23.6 Å². The number of hydrogen-bond acceptors (Lipinski definition) is 6. The molecule has 110 valence electrons. The Morgan fingerprint density at radius 1 is 1.29 bits per heavy atom. The third-order valence-electron chi connectivity index (χ3n) is 2.55. The maximum atomic E-state index is 11.6. The lowest BCUT2D eigenvalue weighted by Crippen LogP contribution is -2.11. The molecular weight excluding hydrogens is 278 g/mol. The number of hydrogen-bond donors (Lipinski definition) is 0. The van der Waals surface area contributed by atoms with Crippen molar-refractivity contribution in [2.45, 2.75) is 6.92 Å².